The van der Waals surface area contributed by atoms with E-state index in [2.05, 4.69) is 5.32 Å². The standard InChI is InChI=1S/C13H21NO2/c1-4-12(15)8-14-7-11-5-9(2)13(16)10(3)6-11/h5-6,12,14-16H,4,7-8H2,1-3H3. The Bertz CT molecular complexity index is 327. The van der Waals surface area contributed by atoms with Crippen molar-refractivity contribution in [2.45, 2.75) is 39.8 Å². The second-order valence-corrected chi connectivity index (χ2v) is 4.27. The Kier molecular flexibility index (Phi) is 4.77. The van der Waals surface area contributed by atoms with Crippen molar-refractivity contribution in [2.75, 3.05) is 6.54 Å². The maximum Gasteiger partial charge on any atom is 0.121 e. The molecule has 90 valence electrons. The lowest BCUT2D eigenvalue weighted by Crippen LogP contribution is -2.25. The minimum Gasteiger partial charge on any atom is -0.507 e. The van der Waals surface area contributed by atoms with Crippen molar-refractivity contribution in [3.05, 3.63) is 28.8 Å². The summed E-state index contributed by atoms with van der Waals surface area (Å²) in [5, 5.41) is 22.2. The summed E-state index contributed by atoms with van der Waals surface area (Å²) < 4.78 is 0. The van der Waals surface area contributed by atoms with Crippen LogP contribution in [0, 0.1) is 13.8 Å². The van der Waals surface area contributed by atoms with Crippen LogP contribution < -0.4 is 5.32 Å². The SMILES string of the molecule is CCC(O)CNCc1cc(C)c(O)c(C)c1. The summed E-state index contributed by atoms with van der Waals surface area (Å²) in [6.45, 7) is 7.08. The zero-order valence-corrected chi connectivity index (χ0v) is 10.2. The Morgan fingerprint density at radius 1 is 1.25 bits per heavy atom. The van der Waals surface area contributed by atoms with Crippen molar-refractivity contribution in [3.63, 3.8) is 0 Å². The predicted octanol–water partition coefficient (Wildman–Crippen LogP) is 1.87. The summed E-state index contributed by atoms with van der Waals surface area (Å²) in [5.74, 6) is 0.373. The van der Waals surface area contributed by atoms with Crippen LogP contribution in [0.25, 0.3) is 0 Å². The fourth-order valence-corrected chi connectivity index (χ4v) is 1.68. The molecular formula is C13H21NO2. The van der Waals surface area contributed by atoms with E-state index in [1.807, 2.05) is 32.9 Å². The van der Waals surface area contributed by atoms with Gasteiger partial charge in [0.2, 0.25) is 0 Å². The van der Waals surface area contributed by atoms with E-state index < -0.39 is 0 Å². The molecular weight excluding hydrogens is 202 g/mol. The van der Waals surface area contributed by atoms with Crippen molar-refractivity contribution in [2.24, 2.45) is 0 Å². The van der Waals surface area contributed by atoms with E-state index in [4.69, 9.17) is 0 Å². The van der Waals surface area contributed by atoms with Gasteiger partial charge in [0.1, 0.15) is 5.75 Å². The first kappa shape index (κ1) is 13.0. The maximum absolute atomic E-state index is 9.62. The summed E-state index contributed by atoms with van der Waals surface area (Å²) in [6, 6.07) is 3.93. The second kappa shape index (κ2) is 5.87. The van der Waals surface area contributed by atoms with Crippen LogP contribution in [0.15, 0.2) is 12.1 Å². The van der Waals surface area contributed by atoms with Crippen molar-refractivity contribution in [1.82, 2.24) is 5.32 Å². The van der Waals surface area contributed by atoms with E-state index in [0.717, 1.165) is 29.7 Å². The van der Waals surface area contributed by atoms with Crippen LogP contribution >= 0.6 is 0 Å². The van der Waals surface area contributed by atoms with Crippen molar-refractivity contribution in [1.29, 1.82) is 0 Å². The number of aliphatic hydroxyl groups is 1. The van der Waals surface area contributed by atoms with Crippen LogP contribution in [-0.2, 0) is 6.54 Å². The first-order valence-corrected chi connectivity index (χ1v) is 5.72. The van der Waals surface area contributed by atoms with E-state index in [0.29, 0.717) is 12.3 Å². The molecule has 0 saturated carbocycles. The number of hydrogen-bond acceptors (Lipinski definition) is 3. The third-order valence-corrected chi connectivity index (χ3v) is 2.73. The first-order valence-electron chi connectivity index (χ1n) is 5.72. The van der Waals surface area contributed by atoms with Crippen molar-refractivity contribution >= 4 is 0 Å². The molecule has 1 aromatic rings. The summed E-state index contributed by atoms with van der Waals surface area (Å²) in [4.78, 5) is 0. The third kappa shape index (κ3) is 3.51. The Morgan fingerprint density at radius 2 is 1.81 bits per heavy atom. The zero-order valence-electron chi connectivity index (χ0n) is 10.2. The first-order chi connectivity index (χ1) is 7.54. The normalized spacial score (nSPS) is 12.8. The number of aryl methyl sites for hydroxylation is 2. The molecule has 0 radical (unpaired) electrons. The molecule has 1 atom stereocenters. The molecule has 0 aliphatic heterocycles. The molecule has 16 heavy (non-hydrogen) atoms. The number of rotatable bonds is 5. The number of hydrogen-bond donors (Lipinski definition) is 3. The van der Waals surface area contributed by atoms with Gasteiger partial charge in [0, 0.05) is 13.1 Å². The molecule has 3 nitrogen and oxygen atoms in total. The summed E-state index contributed by atoms with van der Waals surface area (Å²) in [7, 11) is 0. The van der Waals surface area contributed by atoms with E-state index in [9.17, 15) is 10.2 Å². The highest BCUT2D eigenvalue weighted by molar-refractivity contribution is 5.42. The molecule has 3 heteroatoms. The molecule has 0 spiro atoms. The molecule has 0 heterocycles. The average molecular weight is 223 g/mol. The van der Waals surface area contributed by atoms with Gasteiger partial charge in [-0.15, -0.1) is 0 Å². The zero-order chi connectivity index (χ0) is 12.1. The van der Waals surface area contributed by atoms with Crippen LogP contribution in [-0.4, -0.2) is 22.9 Å². The lowest BCUT2D eigenvalue weighted by Gasteiger charge is -2.11. The van der Waals surface area contributed by atoms with E-state index in [1.165, 1.54) is 0 Å². The third-order valence-electron chi connectivity index (χ3n) is 2.73. The fraction of sp³-hybridized carbons (Fsp3) is 0.538. The molecule has 3 N–H and O–H groups in total. The Morgan fingerprint density at radius 3 is 2.31 bits per heavy atom. The molecule has 0 aliphatic rings. The van der Waals surface area contributed by atoms with E-state index >= 15 is 0 Å². The minimum absolute atomic E-state index is 0.278. The predicted molar refractivity (Wildman–Crippen MR) is 65.6 cm³/mol. The van der Waals surface area contributed by atoms with Crippen LogP contribution in [0.2, 0.25) is 0 Å². The highest BCUT2D eigenvalue weighted by atomic mass is 16.3. The quantitative estimate of drug-likeness (QED) is 0.714. The maximum atomic E-state index is 9.62. The second-order valence-electron chi connectivity index (χ2n) is 4.27. The highest BCUT2D eigenvalue weighted by Gasteiger charge is 2.04. The summed E-state index contributed by atoms with van der Waals surface area (Å²) in [6.07, 6.45) is 0.486. The molecule has 0 aromatic heterocycles. The monoisotopic (exact) mass is 223 g/mol. The van der Waals surface area contributed by atoms with Gasteiger partial charge in [0.15, 0.2) is 0 Å². The average Bonchev–Trinajstić information content (AvgIpc) is 2.25. The minimum atomic E-state index is -0.278. The van der Waals surface area contributed by atoms with E-state index in [1.54, 1.807) is 0 Å². The molecule has 0 fully saturated rings. The number of phenols is 1. The Hall–Kier alpha value is -1.06. The van der Waals surface area contributed by atoms with Crippen LogP contribution in [0.1, 0.15) is 30.0 Å². The van der Waals surface area contributed by atoms with Gasteiger partial charge in [-0.2, -0.15) is 0 Å². The molecule has 0 saturated heterocycles. The number of aliphatic hydroxyl groups excluding tert-OH is 1. The van der Waals surface area contributed by atoms with Gasteiger partial charge in [0.25, 0.3) is 0 Å². The van der Waals surface area contributed by atoms with E-state index in [-0.39, 0.29) is 6.10 Å². The molecule has 0 bridgehead atoms. The number of benzene rings is 1. The smallest absolute Gasteiger partial charge is 0.121 e. The lowest BCUT2D eigenvalue weighted by atomic mass is 10.1. The van der Waals surface area contributed by atoms with Crippen LogP contribution in [0.4, 0.5) is 0 Å². The Balaban J connectivity index is 2.55. The molecule has 1 rings (SSSR count). The van der Waals surface area contributed by atoms with Gasteiger partial charge < -0.3 is 15.5 Å². The number of aromatic hydroxyl groups is 1. The molecule has 1 aromatic carbocycles. The van der Waals surface area contributed by atoms with Gasteiger partial charge in [0.05, 0.1) is 6.10 Å². The topological polar surface area (TPSA) is 52.5 Å². The largest absolute Gasteiger partial charge is 0.507 e. The van der Waals surface area contributed by atoms with Gasteiger partial charge in [-0.05, 0) is 37.0 Å². The molecule has 1 unspecified atom stereocenters. The molecule has 0 amide bonds. The summed E-state index contributed by atoms with van der Waals surface area (Å²) >= 11 is 0. The van der Waals surface area contributed by atoms with Gasteiger partial charge in [-0.25, -0.2) is 0 Å². The van der Waals surface area contributed by atoms with Crippen molar-refractivity contribution in [3.8, 4) is 5.75 Å². The van der Waals surface area contributed by atoms with Gasteiger partial charge >= 0.3 is 0 Å². The number of nitrogens with one attached hydrogen (secondary N) is 1. The Labute approximate surface area is 97.1 Å². The molecule has 0 aliphatic carbocycles. The summed E-state index contributed by atoms with van der Waals surface area (Å²) in [5.41, 5.74) is 2.93. The number of phenolic OH excluding ortho intramolecular Hbond substituents is 1. The fourth-order valence-electron chi connectivity index (χ4n) is 1.68. The lowest BCUT2D eigenvalue weighted by molar-refractivity contribution is 0.167. The van der Waals surface area contributed by atoms with Gasteiger partial charge in [-0.1, -0.05) is 19.1 Å². The van der Waals surface area contributed by atoms with Crippen LogP contribution in [0.5, 0.6) is 5.75 Å². The van der Waals surface area contributed by atoms with Crippen molar-refractivity contribution < 1.29 is 10.2 Å². The van der Waals surface area contributed by atoms with Crippen LogP contribution in [0.3, 0.4) is 0 Å². The highest BCUT2D eigenvalue weighted by Crippen LogP contribution is 2.22. The van der Waals surface area contributed by atoms with Gasteiger partial charge in [-0.3, -0.25) is 0 Å².